The van der Waals surface area contributed by atoms with Crippen LogP contribution in [0.15, 0.2) is 168 Å². The first kappa shape index (κ1) is 27.1. The van der Waals surface area contributed by atoms with E-state index in [0.29, 0.717) is 11.4 Å². The number of hydrogen-bond acceptors (Lipinski definition) is 2. The highest BCUT2D eigenvalue weighted by Crippen LogP contribution is 2.41. The van der Waals surface area contributed by atoms with Gasteiger partial charge in [0.2, 0.25) is 5.89 Å². The van der Waals surface area contributed by atoms with Gasteiger partial charge in [-0.05, 0) is 88.0 Å². The molecule has 2 heterocycles. The number of fused-ring (bicyclic) bond motifs is 4. The zero-order valence-corrected chi connectivity index (χ0v) is 25.3. The van der Waals surface area contributed by atoms with E-state index in [9.17, 15) is 4.39 Å². The lowest BCUT2D eigenvalue weighted by Crippen LogP contribution is -1.93. The normalized spacial score (nSPS) is 11.5. The predicted molar refractivity (Wildman–Crippen MR) is 190 cm³/mol. The molecule has 9 rings (SSSR count). The van der Waals surface area contributed by atoms with Crippen molar-refractivity contribution in [3.63, 3.8) is 0 Å². The summed E-state index contributed by atoms with van der Waals surface area (Å²) in [5, 5.41) is 2.45. The van der Waals surface area contributed by atoms with Crippen molar-refractivity contribution in [1.29, 1.82) is 0 Å². The molecule has 9 aromatic rings. The lowest BCUT2D eigenvalue weighted by atomic mass is 9.89. The Morgan fingerprint density at radius 1 is 0.468 bits per heavy atom. The SMILES string of the molecule is Fc1cccc2nc(-c3ccc(-c4ccccc4-c4ccccc4-c4ccc5c(c4)c4ccccc4n5-c4ccccc4)cc3)oc12. The summed E-state index contributed by atoms with van der Waals surface area (Å²) in [6, 6.07) is 56.0. The van der Waals surface area contributed by atoms with Crippen molar-refractivity contribution in [2.75, 3.05) is 0 Å². The van der Waals surface area contributed by atoms with E-state index in [2.05, 4.69) is 143 Å². The van der Waals surface area contributed by atoms with Crippen LogP contribution in [0.5, 0.6) is 0 Å². The summed E-state index contributed by atoms with van der Waals surface area (Å²) >= 11 is 0. The molecular formula is C43H27FN2O. The summed E-state index contributed by atoms with van der Waals surface area (Å²) in [6.45, 7) is 0. The molecule has 0 amide bonds. The Kier molecular flexibility index (Phi) is 6.32. The van der Waals surface area contributed by atoms with Crippen molar-refractivity contribution in [3.8, 4) is 50.5 Å². The van der Waals surface area contributed by atoms with Gasteiger partial charge in [-0.25, -0.2) is 9.37 Å². The van der Waals surface area contributed by atoms with Crippen LogP contribution in [0.4, 0.5) is 4.39 Å². The highest BCUT2D eigenvalue weighted by molar-refractivity contribution is 6.11. The fraction of sp³-hybridized carbons (Fsp3) is 0. The first-order valence-electron chi connectivity index (χ1n) is 15.7. The third-order valence-corrected chi connectivity index (χ3v) is 8.95. The van der Waals surface area contributed by atoms with Gasteiger partial charge in [0, 0.05) is 22.0 Å². The van der Waals surface area contributed by atoms with Crippen molar-refractivity contribution < 1.29 is 8.81 Å². The fourth-order valence-corrected chi connectivity index (χ4v) is 6.77. The van der Waals surface area contributed by atoms with E-state index in [1.807, 2.05) is 12.1 Å². The van der Waals surface area contributed by atoms with E-state index >= 15 is 0 Å². The Bertz CT molecular complexity index is 2580. The third-order valence-electron chi connectivity index (χ3n) is 8.95. The molecule has 0 fully saturated rings. The van der Waals surface area contributed by atoms with Crippen molar-refractivity contribution in [2.45, 2.75) is 0 Å². The van der Waals surface area contributed by atoms with E-state index in [4.69, 9.17) is 4.42 Å². The van der Waals surface area contributed by atoms with Crippen molar-refractivity contribution in [3.05, 3.63) is 170 Å². The second-order valence-corrected chi connectivity index (χ2v) is 11.7. The second kappa shape index (κ2) is 11.0. The van der Waals surface area contributed by atoms with E-state index in [-0.39, 0.29) is 5.58 Å². The quantitative estimate of drug-likeness (QED) is 0.195. The number of halogens is 1. The molecule has 3 nitrogen and oxygen atoms in total. The monoisotopic (exact) mass is 606 g/mol. The molecule has 0 radical (unpaired) electrons. The first-order valence-corrected chi connectivity index (χ1v) is 15.7. The van der Waals surface area contributed by atoms with Gasteiger partial charge < -0.3 is 8.98 Å². The van der Waals surface area contributed by atoms with Crippen LogP contribution < -0.4 is 0 Å². The summed E-state index contributed by atoms with van der Waals surface area (Å²) in [5.74, 6) is -0.00847. The minimum absolute atomic E-state index is 0.177. The Hall–Kier alpha value is -6.26. The topological polar surface area (TPSA) is 31.0 Å². The molecule has 7 aromatic carbocycles. The highest BCUT2D eigenvalue weighted by Gasteiger charge is 2.17. The van der Waals surface area contributed by atoms with Crippen molar-refractivity contribution >= 4 is 32.9 Å². The van der Waals surface area contributed by atoms with Gasteiger partial charge in [-0.1, -0.05) is 109 Å². The number of rotatable bonds is 5. The maximum atomic E-state index is 14.2. The molecule has 0 unspecified atom stereocenters. The molecule has 0 N–H and O–H groups in total. The number of para-hydroxylation sites is 3. The smallest absolute Gasteiger partial charge is 0.227 e. The predicted octanol–water partition coefficient (Wildman–Crippen LogP) is 11.7. The molecule has 47 heavy (non-hydrogen) atoms. The van der Waals surface area contributed by atoms with Crippen LogP contribution in [0, 0.1) is 5.82 Å². The summed E-state index contributed by atoms with van der Waals surface area (Å²) < 4.78 is 22.4. The van der Waals surface area contributed by atoms with Gasteiger partial charge in [0.15, 0.2) is 11.4 Å². The molecule has 0 saturated heterocycles. The molecule has 2 aromatic heterocycles. The summed E-state index contributed by atoms with van der Waals surface area (Å²) in [7, 11) is 0. The Morgan fingerprint density at radius 3 is 1.81 bits per heavy atom. The van der Waals surface area contributed by atoms with Gasteiger partial charge in [-0.2, -0.15) is 0 Å². The molecule has 0 aliphatic rings. The zero-order chi connectivity index (χ0) is 31.3. The maximum absolute atomic E-state index is 14.2. The number of oxazole rings is 1. The Morgan fingerprint density at radius 2 is 1.06 bits per heavy atom. The van der Waals surface area contributed by atoms with Crippen LogP contribution in [0.25, 0.3) is 83.4 Å². The maximum Gasteiger partial charge on any atom is 0.227 e. The molecule has 0 saturated carbocycles. The average molecular weight is 607 g/mol. The number of benzene rings is 7. The third kappa shape index (κ3) is 4.53. The number of nitrogens with zero attached hydrogens (tertiary/aromatic N) is 2. The van der Waals surface area contributed by atoms with Crippen LogP contribution in [0.3, 0.4) is 0 Å². The van der Waals surface area contributed by atoms with E-state index < -0.39 is 5.82 Å². The first-order chi connectivity index (χ1) is 23.2. The molecule has 0 aliphatic heterocycles. The zero-order valence-electron chi connectivity index (χ0n) is 25.3. The molecular weight excluding hydrogens is 579 g/mol. The van der Waals surface area contributed by atoms with E-state index in [0.717, 1.165) is 39.1 Å². The molecule has 0 spiro atoms. The van der Waals surface area contributed by atoms with E-state index in [1.54, 1.807) is 12.1 Å². The van der Waals surface area contributed by atoms with E-state index in [1.165, 1.54) is 33.4 Å². The molecule has 0 aliphatic carbocycles. The summed E-state index contributed by atoms with van der Waals surface area (Å²) in [5.41, 5.74) is 11.8. The number of hydrogen-bond donors (Lipinski definition) is 0. The standard InChI is InChI=1S/C43H27FN2O/c44-38-18-10-19-39-42(38)47-43(45-39)29-23-21-28(22-24-29)32-13-4-6-15-34(32)35-16-7-5-14-33(35)30-25-26-41-37(27-30)36-17-8-9-20-40(36)46(41)31-11-2-1-3-12-31/h1-27H. The fourth-order valence-electron chi connectivity index (χ4n) is 6.77. The largest absolute Gasteiger partial charge is 0.433 e. The van der Waals surface area contributed by atoms with Crippen LogP contribution in [0.1, 0.15) is 0 Å². The lowest BCUT2D eigenvalue weighted by molar-refractivity contribution is 0.564. The highest BCUT2D eigenvalue weighted by atomic mass is 19.1. The van der Waals surface area contributed by atoms with Gasteiger partial charge >= 0.3 is 0 Å². The van der Waals surface area contributed by atoms with Gasteiger partial charge in [0.05, 0.1) is 11.0 Å². The van der Waals surface area contributed by atoms with Gasteiger partial charge in [-0.15, -0.1) is 0 Å². The average Bonchev–Trinajstić information content (AvgIpc) is 3.73. The van der Waals surface area contributed by atoms with Crippen LogP contribution in [-0.2, 0) is 0 Å². The Labute approximate surface area is 270 Å². The minimum Gasteiger partial charge on any atom is -0.433 e. The lowest BCUT2D eigenvalue weighted by Gasteiger charge is -2.15. The molecule has 222 valence electrons. The Balaban J connectivity index is 1.14. The van der Waals surface area contributed by atoms with Gasteiger partial charge in [0.1, 0.15) is 5.52 Å². The van der Waals surface area contributed by atoms with Crippen LogP contribution >= 0.6 is 0 Å². The second-order valence-electron chi connectivity index (χ2n) is 11.7. The molecule has 0 bridgehead atoms. The molecule has 0 atom stereocenters. The summed E-state index contributed by atoms with van der Waals surface area (Å²) in [6.07, 6.45) is 0. The molecule has 4 heteroatoms. The van der Waals surface area contributed by atoms with Crippen molar-refractivity contribution in [1.82, 2.24) is 9.55 Å². The number of aromatic nitrogens is 2. The van der Waals surface area contributed by atoms with Gasteiger partial charge in [0.25, 0.3) is 0 Å². The van der Waals surface area contributed by atoms with Crippen LogP contribution in [0.2, 0.25) is 0 Å². The minimum atomic E-state index is -0.411. The van der Waals surface area contributed by atoms with Crippen molar-refractivity contribution in [2.24, 2.45) is 0 Å². The van der Waals surface area contributed by atoms with Crippen LogP contribution in [-0.4, -0.2) is 9.55 Å². The summed E-state index contributed by atoms with van der Waals surface area (Å²) in [4.78, 5) is 4.51. The van der Waals surface area contributed by atoms with Gasteiger partial charge in [-0.3, -0.25) is 0 Å².